The Labute approximate surface area is 136 Å². The number of esters is 1. The number of rotatable bonds is 4. The van der Waals surface area contributed by atoms with E-state index in [1.54, 1.807) is 12.1 Å². The summed E-state index contributed by atoms with van der Waals surface area (Å²) >= 11 is 1.28. The monoisotopic (exact) mass is 330 g/mol. The van der Waals surface area contributed by atoms with E-state index in [2.05, 4.69) is 10.6 Å². The fourth-order valence-corrected chi connectivity index (χ4v) is 3.22. The van der Waals surface area contributed by atoms with Crippen LogP contribution in [0.2, 0.25) is 0 Å². The molecule has 0 bridgehead atoms. The summed E-state index contributed by atoms with van der Waals surface area (Å²) in [5.74, 6) is 0.163. The van der Waals surface area contributed by atoms with Crippen molar-refractivity contribution in [2.75, 3.05) is 12.4 Å². The molecule has 3 aromatic rings. The molecule has 0 aliphatic rings. The minimum atomic E-state index is -0.479. The molecule has 118 valence electrons. The second kappa shape index (κ2) is 6.53. The van der Waals surface area contributed by atoms with Gasteiger partial charge in [0.25, 0.3) is 0 Å². The zero-order valence-electron chi connectivity index (χ0n) is 12.3. The Morgan fingerprint density at radius 2 is 2.04 bits per heavy atom. The van der Waals surface area contributed by atoms with Crippen molar-refractivity contribution >= 4 is 39.1 Å². The van der Waals surface area contributed by atoms with Gasteiger partial charge < -0.3 is 19.8 Å². The van der Waals surface area contributed by atoms with Gasteiger partial charge in [0.15, 0.2) is 0 Å². The van der Waals surface area contributed by atoms with Gasteiger partial charge >= 0.3 is 12.0 Å². The van der Waals surface area contributed by atoms with Crippen LogP contribution >= 0.6 is 11.3 Å². The maximum absolute atomic E-state index is 12.1. The van der Waals surface area contributed by atoms with Gasteiger partial charge in [-0.3, -0.25) is 0 Å². The first kappa shape index (κ1) is 15.1. The molecule has 23 heavy (non-hydrogen) atoms. The van der Waals surface area contributed by atoms with Crippen LogP contribution in [0.3, 0.4) is 0 Å². The van der Waals surface area contributed by atoms with Crippen molar-refractivity contribution in [3.63, 3.8) is 0 Å². The Morgan fingerprint density at radius 1 is 1.22 bits per heavy atom. The lowest BCUT2D eigenvalue weighted by molar-refractivity contribution is 0.0607. The fraction of sp³-hybridized carbons (Fsp3) is 0.125. The van der Waals surface area contributed by atoms with Gasteiger partial charge in [0.2, 0.25) is 0 Å². The standard InChI is InChI=1S/C16H14N2O4S/c1-21-15(19)14-13(11-6-2-3-7-12(11)23-14)18-16(20)17-9-10-5-4-8-22-10/h2-8H,9H2,1H3,(H2,17,18,20). The average molecular weight is 330 g/mol. The Morgan fingerprint density at radius 3 is 2.78 bits per heavy atom. The van der Waals surface area contributed by atoms with Crippen LogP contribution < -0.4 is 10.6 Å². The van der Waals surface area contributed by atoms with Crippen molar-refractivity contribution in [2.24, 2.45) is 0 Å². The summed E-state index contributed by atoms with van der Waals surface area (Å²) in [4.78, 5) is 24.4. The van der Waals surface area contributed by atoms with Crippen LogP contribution in [0.4, 0.5) is 10.5 Å². The second-order valence-corrected chi connectivity index (χ2v) is 5.73. The highest BCUT2D eigenvalue weighted by atomic mass is 32.1. The first-order valence-electron chi connectivity index (χ1n) is 6.86. The third kappa shape index (κ3) is 3.19. The predicted molar refractivity (Wildman–Crippen MR) is 87.7 cm³/mol. The van der Waals surface area contributed by atoms with E-state index in [4.69, 9.17) is 9.15 Å². The predicted octanol–water partition coefficient (Wildman–Crippen LogP) is 3.60. The summed E-state index contributed by atoms with van der Waals surface area (Å²) in [6.45, 7) is 0.258. The largest absolute Gasteiger partial charge is 0.467 e. The molecule has 0 aliphatic heterocycles. The minimum absolute atomic E-state index is 0.258. The van der Waals surface area contributed by atoms with Gasteiger partial charge in [0.1, 0.15) is 10.6 Å². The van der Waals surface area contributed by atoms with Crippen molar-refractivity contribution in [1.82, 2.24) is 5.32 Å². The molecule has 2 heterocycles. The van der Waals surface area contributed by atoms with Gasteiger partial charge in [-0.2, -0.15) is 0 Å². The number of thiophene rings is 1. The third-order valence-electron chi connectivity index (χ3n) is 3.21. The van der Waals surface area contributed by atoms with E-state index in [1.807, 2.05) is 24.3 Å². The molecule has 3 rings (SSSR count). The smallest absolute Gasteiger partial charge is 0.350 e. The van der Waals surface area contributed by atoms with Gasteiger partial charge in [-0.05, 0) is 18.2 Å². The molecule has 0 fully saturated rings. The summed E-state index contributed by atoms with van der Waals surface area (Å²) in [6, 6.07) is 10.5. The van der Waals surface area contributed by atoms with Gasteiger partial charge in [0, 0.05) is 10.1 Å². The van der Waals surface area contributed by atoms with E-state index in [0.717, 1.165) is 10.1 Å². The number of benzene rings is 1. The van der Waals surface area contributed by atoms with Crippen LogP contribution in [0.25, 0.3) is 10.1 Å². The zero-order chi connectivity index (χ0) is 16.2. The first-order chi connectivity index (χ1) is 11.2. The number of methoxy groups -OCH3 is 1. The van der Waals surface area contributed by atoms with Gasteiger partial charge in [-0.15, -0.1) is 11.3 Å². The number of fused-ring (bicyclic) bond motifs is 1. The van der Waals surface area contributed by atoms with Crippen LogP contribution in [0.15, 0.2) is 47.1 Å². The normalized spacial score (nSPS) is 10.5. The molecule has 2 amide bonds. The van der Waals surface area contributed by atoms with Crippen LogP contribution in [0.1, 0.15) is 15.4 Å². The number of ether oxygens (including phenoxy) is 1. The van der Waals surface area contributed by atoms with E-state index >= 15 is 0 Å². The summed E-state index contributed by atoms with van der Waals surface area (Å²) < 4.78 is 10.8. The minimum Gasteiger partial charge on any atom is -0.467 e. The fourth-order valence-electron chi connectivity index (χ4n) is 2.14. The van der Waals surface area contributed by atoms with Crippen LogP contribution in [0, 0.1) is 0 Å². The van der Waals surface area contributed by atoms with Gasteiger partial charge in [-0.1, -0.05) is 18.2 Å². The highest BCUT2D eigenvalue weighted by Crippen LogP contribution is 2.36. The van der Waals surface area contributed by atoms with Crippen molar-refractivity contribution in [3.8, 4) is 0 Å². The Hall–Kier alpha value is -2.80. The van der Waals surface area contributed by atoms with Crippen molar-refractivity contribution < 1.29 is 18.7 Å². The van der Waals surface area contributed by atoms with Gasteiger partial charge in [-0.25, -0.2) is 9.59 Å². The molecule has 0 radical (unpaired) electrons. The van der Waals surface area contributed by atoms with Crippen LogP contribution in [-0.2, 0) is 11.3 Å². The molecule has 0 saturated carbocycles. The number of carbonyl (C=O) groups excluding carboxylic acids is 2. The lowest BCUT2D eigenvalue weighted by atomic mass is 10.2. The molecule has 1 aromatic carbocycles. The molecule has 2 N–H and O–H groups in total. The van der Waals surface area contributed by atoms with E-state index in [-0.39, 0.29) is 6.54 Å². The van der Waals surface area contributed by atoms with E-state index in [9.17, 15) is 9.59 Å². The third-order valence-corrected chi connectivity index (χ3v) is 4.36. The number of nitrogens with one attached hydrogen (secondary N) is 2. The topological polar surface area (TPSA) is 80.6 Å². The van der Waals surface area contributed by atoms with Gasteiger partial charge in [0.05, 0.1) is 25.6 Å². The highest BCUT2D eigenvalue weighted by Gasteiger charge is 2.20. The van der Waals surface area contributed by atoms with E-state index < -0.39 is 12.0 Å². The maximum atomic E-state index is 12.1. The molecule has 0 atom stereocenters. The summed E-state index contributed by atoms with van der Waals surface area (Å²) in [5.41, 5.74) is 0.453. The molecule has 2 aromatic heterocycles. The van der Waals surface area contributed by atoms with Crippen LogP contribution in [0.5, 0.6) is 0 Å². The number of hydrogen-bond acceptors (Lipinski definition) is 5. The SMILES string of the molecule is COC(=O)c1sc2ccccc2c1NC(=O)NCc1ccco1. The maximum Gasteiger partial charge on any atom is 0.350 e. The molecule has 0 unspecified atom stereocenters. The van der Waals surface area contributed by atoms with Crippen molar-refractivity contribution in [3.05, 3.63) is 53.3 Å². The summed E-state index contributed by atoms with van der Waals surface area (Å²) in [7, 11) is 1.31. The lowest BCUT2D eigenvalue weighted by Gasteiger charge is -2.07. The zero-order valence-corrected chi connectivity index (χ0v) is 13.1. The number of hydrogen-bond donors (Lipinski definition) is 2. The first-order valence-corrected chi connectivity index (χ1v) is 7.67. The number of anilines is 1. The number of amides is 2. The van der Waals surface area contributed by atoms with E-state index in [0.29, 0.717) is 16.3 Å². The molecule has 0 aliphatic carbocycles. The Balaban J connectivity index is 1.83. The molecule has 0 spiro atoms. The molecular weight excluding hydrogens is 316 g/mol. The number of carbonyl (C=O) groups is 2. The number of urea groups is 1. The lowest BCUT2D eigenvalue weighted by Crippen LogP contribution is -2.28. The highest BCUT2D eigenvalue weighted by molar-refractivity contribution is 7.21. The molecule has 6 nitrogen and oxygen atoms in total. The Kier molecular flexibility index (Phi) is 4.29. The van der Waals surface area contributed by atoms with Crippen molar-refractivity contribution in [1.29, 1.82) is 0 Å². The van der Waals surface area contributed by atoms with E-state index in [1.165, 1.54) is 24.7 Å². The number of furan rings is 1. The molecule has 0 saturated heterocycles. The quantitative estimate of drug-likeness (QED) is 0.716. The molecule has 7 heteroatoms. The second-order valence-electron chi connectivity index (χ2n) is 4.68. The molecular formula is C16H14N2O4S. The van der Waals surface area contributed by atoms with Crippen molar-refractivity contribution in [2.45, 2.75) is 6.54 Å². The van der Waals surface area contributed by atoms with Crippen LogP contribution in [-0.4, -0.2) is 19.1 Å². The Bertz CT molecular complexity index is 839. The summed E-state index contributed by atoms with van der Waals surface area (Å²) in [5, 5.41) is 6.21. The average Bonchev–Trinajstić information content (AvgIpc) is 3.20. The summed E-state index contributed by atoms with van der Waals surface area (Å²) in [6.07, 6.45) is 1.54.